The number of nitrogens with one attached hydrogen (secondary N) is 1. The summed E-state index contributed by atoms with van der Waals surface area (Å²) in [5.74, 6) is -1.99. The molecule has 1 heterocycles. The lowest BCUT2D eigenvalue weighted by atomic mass is 10.1. The monoisotopic (exact) mass is 389 g/mol. The molecule has 0 fully saturated rings. The number of ether oxygens (including phenoxy) is 2. The molecule has 0 bridgehead atoms. The van der Waals surface area contributed by atoms with Crippen LogP contribution >= 0.6 is 11.8 Å². The molecule has 1 aliphatic heterocycles. The van der Waals surface area contributed by atoms with Crippen LogP contribution in [0.1, 0.15) is 16.8 Å². The van der Waals surface area contributed by atoms with Crippen LogP contribution in [-0.4, -0.2) is 36.6 Å². The van der Waals surface area contributed by atoms with E-state index in [1.807, 2.05) is 12.1 Å². The van der Waals surface area contributed by atoms with E-state index in [0.29, 0.717) is 5.69 Å². The zero-order valence-electron chi connectivity index (χ0n) is 14.4. The van der Waals surface area contributed by atoms with Gasteiger partial charge in [-0.15, -0.1) is 11.8 Å². The third-order valence-corrected chi connectivity index (χ3v) is 5.16. The highest BCUT2D eigenvalue weighted by Crippen LogP contribution is 2.36. The smallest absolute Gasteiger partial charge is 0.307 e. The maximum Gasteiger partial charge on any atom is 0.307 e. The second kappa shape index (κ2) is 8.22. The molecule has 0 spiro atoms. The molecular formula is C19H16FNO5S. The van der Waals surface area contributed by atoms with Gasteiger partial charge in [0.05, 0.1) is 30.0 Å². The molecule has 0 radical (unpaired) electrons. The molecule has 140 valence electrons. The fraction of sp³-hybridized carbons (Fsp3) is 0.211. The van der Waals surface area contributed by atoms with Crippen molar-refractivity contribution in [2.24, 2.45) is 0 Å². The van der Waals surface area contributed by atoms with Gasteiger partial charge in [-0.25, -0.2) is 4.39 Å². The number of carbonyl (C=O) groups excluding carboxylic acids is 3. The number of anilines is 1. The van der Waals surface area contributed by atoms with Gasteiger partial charge in [0.15, 0.2) is 6.61 Å². The first-order valence-corrected chi connectivity index (χ1v) is 8.95. The molecule has 0 aromatic heterocycles. The molecular weight excluding hydrogens is 373 g/mol. The van der Waals surface area contributed by atoms with Crippen LogP contribution in [0.3, 0.4) is 0 Å². The van der Waals surface area contributed by atoms with Gasteiger partial charge in [-0.3, -0.25) is 14.4 Å². The van der Waals surface area contributed by atoms with Crippen molar-refractivity contribution in [3.05, 3.63) is 53.8 Å². The van der Waals surface area contributed by atoms with E-state index < -0.39 is 29.4 Å². The number of esters is 1. The first kappa shape index (κ1) is 18.9. The number of fused-ring (bicyclic) bond motifs is 1. The number of Topliss-reactive ketones (excluding diaryl/α,β-unsaturated/α-hetero) is 1. The predicted molar refractivity (Wildman–Crippen MR) is 97.6 cm³/mol. The molecule has 1 amide bonds. The number of halogens is 1. The largest absolute Gasteiger partial charge is 0.496 e. The summed E-state index contributed by atoms with van der Waals surface area (Å²) in [7, 11) is 1.35. The van der Waals surface area contributed by atoms with Crippen LogP contribution in [0.2, 0.25) is 0 Å². The van der Waals surface area contributed by atoms with E-state index in [2.05, 4.69) is 5.32 Å². The van der Waals surface area contributed by atoms with Crippen molar-refractivity contribution in [3.8, 4) is 5.75 Å². The van der Waals surface area contributed by atoms with E-state index in [9.17, 15) is 18.8 Å². The molecule has 8 heteroatoms. The number of ketones is 1. The van der Waals surface area contributed by atoms with Gasteiger partial charge in [0, 0.05) is 4.90 Å². The van der Waals surface area contributed by atoms with Crippen LogP contribution in [-0.2, 0) is 14.3 Å². The Kier molecular flexibility index (Phi) is 5.75. The van der Waals surface area contributed by atoms with E-state index in [0.717, 1.165) is 11.0 Å². The van der Waals surface area contributed by atoms with Crippen LogP contribution in [0.15, 0.2) is 47.4 Å². The lowest BCUT2D eigenvalue weighted by Crippen LogP contribution is -2.31. The first-order valence-electron chi connectivity index (χ1n) is 8.07. The molecule has 1 aliphatic rings. The van der Waals surface area contributed by atoms with E-state index in [-0.39, 0.29) is 23.6 Å². The number of methoxy groups -OCH3 is 1. The lowest BCUT2D eigenvalue weighted by molar-refractivity contribution is -0.143. The van der Waals surface area contributed by atoms with Gasteiger partial charge in [0.1, 0.15) is 11.6 Å². The van der Waals surface area contributed by atoms with Crippen LogP contribution in [0.25, 0.3) is 0 Å². The zero-order valence-corrected chi connectivity index (χ0v) is 15.2. The van der Waals surface area contributed by atoms with Crippen molar-refractivity contribution in [1.82, 2.24) is 0 Å². The Hall–Kier alpha value is -2.87. The molecule has 0 saturated carbocycles. The van der Waals surface area contributed by atoms with E-state index in [4.69, 9.17) is 9.47 Å². The van der Waals surface area contributed by atoms with Crippen molar-refractivity contribution in [2.75, 3.05) is 19.0 Å². The van der Waals surface area contributed by atoms with Crippen molar-refractivity contribution in [1.29, 1.82) is 0 Å². The van der Waals surface area contributed by atoms with Crippen LogP contribution in [0.4, 0.5) is 10.1 Å². The van der Waals surface area contributed by atoms with Gasteiger partial charge in [0.25, 0.3) is 0 Å². The minimum absolute atomic E-state index is 0.0102. The lowest BCUT2D eigenvalue weighted by Gasteiger charge is -2.23. The van der Waals surface area contributed by atoms with E-state index in [1.165, 1.54) is 31.0 Å². The zero-order chi connectivity index (χ0) is 19.4. The normalized spacial score (nSPS) is 15.5. The number of carbonyl (C=O) groups is 3. The molecule has 0 aliphatic carbocycles. The topological polar surface area (TPSA) is 81.7 Å². The number of rotatable bonds is 6. The number of thioether (sulfide) groups is 1. The Labute approximate surface area is 159 Å². The summed E-state index contributed by atoms with van der Waals surface area (Å²) in [6, 6.07) is 10.8. The summed E-state index contributed by atoms with van der Waals surface area (Å²) in [4.78, 5) is 37.2. The Morgan fingerprint density at radius 1 is 1.22 bits per heavy atom. The number of benzene rings is 2. The van der Waals surface area contributed by atoms with Crippen molar-refractivity contribution >= 4 is 35.1 Å². The highest BCUT2D eigenvalue weighted by atomic mass is 32.2. The standard InChI is InChI=1S/C19H16FNO5S/c1-25-15-7-6-11(20)8-12(15)14(22)10-26-18(23)9-17-19(24)21-13-4-2-3-5-16(13)27-17/h2-8,17H,9-10H2,1H3,(H,21,24)/t17-/m1/s1. The van der Waals surface area contributed by atoms with Gasteiger partial charge in [-0.1, -0.05) is 12.1 Å². The molecule has 2 aromatic rings. The molecule has 0 saturated heterocycles. The van der Waals surface area contributed by atoms with Crippen LogP contribution in [0, 0.1) is 5.82 Å². The maximum absolute atomic E-state index is 13.4. The van der Waals surface area contributed by atoms with Crippen molar-refractivity contribution < 1.29 is 28.2 Å². The van der Waals surface area contributed by atoms with Gasteiger partial charge in [-0.2, -0.15) is 0 Å². The fourth-order valence-electron chi connectivity index (χ4n) is 2.56. The second-order valence-corrected chi connectivity index (χ2v) is 6.97. The van der Waals surface area contributed by atoms with E-state index >= 15 is 0 Å². The summed E-state index contributed by atoms with van der Waals surface area (Å²) in [6.07, 6.45) is -0.182. The molecule has 2 aromatic carbocycles. The third kappa shape index (κ3) is 4.46. The summed E-state index contributed by atoms with van der Waals surface area (Å²) < 4.78 is 23.3. The maximum atomic E-state index is 13.4. The summed E-state index contributed by atoms with van der Waals surface area (Å²) in [5, 5.41) is 2.09. The number of para-hydroxylation sites is 1. The van der Waals surface area contributed by atoms with Gasteiger partial charge < -0.3 is 14.8 Å². The molecule has 27 heavy (non-hydrogen) atoms. The minimum atomic E-state index is -0.689. The van der Waals surface area contributed by atoms with Crippen molar-refractivity contribution in [3.63, 3.8) is 0 Å². The summed E-state index contributed by atoms with van der Waals surface area (Å²) >= 11 is 1.26. The quantitative estimate of drug-likeness (QED) is 0.604. The van der Waals surface area contributed by atoms with E-state index in [1.54, 1.807) is 12.1 Å². The first-order chi connectivity index (χ1) is 13.0. The Morgan fingerprint density at radius 2 is 2.00 bits per heavy atom. The average molecular weight is 389 g/mol. The highest BCUT2D eigenvalue weighted by molar-refractivity contribution is 8.01. The third-order valence-electron chi connectivity index (χ3n) is 3.88. The molecule has 1 atom stereocenters. The number of amides is 1. The second-order valence-electron chi connectivity index (χ2n) is 5.72. The Morgan fingerprint density at radius 3 is 2.78 bits per heavy atom. The van der Waals surface area contributed by atoms with Gasteiger partial charge >= 0.3 is 5.97 Å². The summed E-state index contributed by atoms with van der Waals surface area (Å²) in [5.41, 5.74) is 0.689. The summed E-state index contributed by atoms with van der Waals surface area (Å²) in [6.45, 7) is -0.561. The van der Waals surface area contributed by atoms with Crippen LogP contribution < -0.4 is 10.1 Å². The highest BCUT2D eigenvalue weighted by Gasteiger charge is 2.29. The molecule has 1 N–H and O–H groups in total. The number of hydrogen-bond acceptors (Lipinski definition) is 6. The average Bonchev–Trinajstić information content (AvgIpc) is 2.66. The Bertz CT molecular complexity index is 901. The van der Waals surface area contributed by atoms with Gasteiger partial charge in [0.2, 0.25) is 11.7 Å². The Balaban J connectivity index is 1.58. The SMILES string of the molecule is COc1ccc(F)cc1C(=O)COC(=O)C[C@H]1Sc2ccccc2NC1=O. The number of hydrogen-bond donors (Lipinski definition) is 1. The van der Waals surface area contributed by atoms with Crippen molar-refractivity contribution in [2.45, 2.75) is 16.6 Å². The van der Waals surface area contributed by atoms with Gasteiger partial charge in [-0.05, 0) is 30.3 Å². The molecule has 0 unspecified atom stereocenters. The molecule has 6 nitrogen and oxygen atoms in total. The predicted octanol–water partition coefficient (Wildman–Crippen LogP) is 3.06. The van der Waals surface area contributed by atoms with Crippen LogP contribution in [0.5, 0.6) is 5.75 Å². The fourth-order valence-corrected chi connectivity index (χ4v) is 3.65. The molecule has 3 rings (SSSR count). The minimum Gasteiger partial charge on any atom is -0.496 e.